The van der Waals surface area contributed by atoms with Crippen LogP contribution in [-0.2, 0) is 24.1 Å². The lowest BCUT2D eigenvalue weighted by Crippen LogP contribution is -2.21. The molecule has 28 heavy (non-hydrogen) atoms. The maximum Gasteiger partial charge on any atom is 0.161 e. The van der Waals surface area contributed by atoms with Crippen molar-refractivity contribution in [1.29, 1.82) is 0 Å². The van der Waals surface area contributed by atoms with E-state index in [-0.39, 0.29) is 0 Å². The molecule has 0 bridgehead atoms. The van der Waals surface area contributed by atoms with E-state index in [1.807, 2.05) is 30.3 Å². The molecule has 0 saturated heterocycles. The quantitative estimate of drug-likeness (QED) is 0.677. The maximum absolute atomic E-state index is 5.70. The Morgan fingerprint density at radius 3 is 2.46 bits per heavy atom. The van der Waals surface area contributed by atoms with Crippen LogP contribution in [0.1, 0.15) is 16.8 Å². The van der Waals surface area contributed by atoms with Gasteiger partial charge in [0.25, 0.3) is 0 Å². The molecule has 144 valence electrons. The summed E-state index contributed by atoms with van der Waals surface area (Å²) in [5.74, 6) is 2.57. The predicted molar refractivity (Wildman–Crippen MR) is 111 cm³/mol. The highest BCUT2D eigenvalue weighted by Crippen LogP contribution is 2.28. The number of rotatable bonds is 5. The van der Waals surface area contributed by atoms with E-state index in [9.17, 15) is 0 Å². The minimum Gasteiger partial charge on any atom is -0.497 e. The van der Waals surface area contributed by atoms with E-state index in [2.05, 4.69) is 36.2 Å². The lowest BCUT2D eigenvalue weighted by Gasteiger charge is -2.23. The van der Waals surface area contributed by atoms with Crippen molar-refractivity contribution >= 4 is 5.82 Å². The third-order valence-electron chi connectivity index (χ3n) is 5.02. The molecule has 0 unspecified atom stereocenters. The molecule has 0 saturated carbocycles. The topological polar surface area (TPSA) is 47.5 Å². The first-order valence-corrected chi connectivity index (χ1v) is 9.61. The Morgan fingerprint density at radius 2 is 1.71 bits per heavy atom. The first kappa shape index (κ1) is 18.4. The van der Waals surface area contributed by atoms with Crippen LogP contribution >= 0.6 is 0 Å². The van der Waals surface area contributed by atoms with Crippen LogP contribution in [0.4, 0.5) is 5.82 Å². The van der Waals surface area contributed by atoms with Crippen LogP contribution in [0.2, 0.25) is 0 Å². The van der Waals surface area contributed by atoms with Crippen LogP contribution in [0, 0.1) is 0 Å². The summed E-state index contributed by atoms with van der Waals surface area (Å²) in [6.45, 7) is 2.21. The molecule has 0 N–H and O–H groups in total. The highest BCUT2D eigenvalue weighted by atomic mass is 16.5. The Balaban J connectivity index is 1.74. The molecule has 0 aliphatic carbocycles. The fourth-order valence-electron chi connectivity index (χ4n) is 3.54. The van der Waals surface area contributed by atoms with Gasteiger partial charge < -0.3 is 14.4 Å². The fraction of sp³-hybridized carbons (Fsp3) is 0.304. The number of benzene rings is 2. The normalized spacial score (nSPS) is 13.5. The molecule has 2 aromatic carbocycles. The van der Waals surface area contributed by atoms with E-state index in [4.69, 9.17) is 19.4 Å². The maximum atomic E-state index is 5.70. The number of anilines is 1. The molecule has 5 nitrogen and oxygen atoms in total. The minimum absolute atomic E-state index is 0.702. The molecule has 0 fully saturated rings. The number of nitrogens with zero attached hydrogens (tertiary/aromatic N) is 3. The van der Waals surface area contributed by atoms with Gasteiger partial charge in [0.1, 0.15) is 11.6 Å². The average molecular weight is 375 g/mol. The van der Waals surface area contributed by atoms with Crippen molar-refractivity contribution in [3.05, 3.63) is 71.4 Å². The lowest BCUT2D eigenvalue weighted by molar-refractivity contribution is 0.146. The monoisotopic (exact) mass is 375 g/mol. The van der Waals surface area contributed by atoms with Gasteiger partial charge in [-0.05, 0) is 29.8 Å². The van der Waals surface area contributed by atoms with Gasteiger partial charge in [0, 0.05) is 37.6 Å². The molecule has 5 heteroatoms. The van der Waals surface area contributed by atoms with Gasteiger partial charge in [-0.25, -0.2) is 9.97 Å². The van der Waals surface area contributed by atoms with E-state index in [1.165, 1.54) is 11.1 Å². The zero-order valence-corrected chi connectivity index (χ0v) is 16.4. The molecule has 1 aliphatic heterocycles. The molecule has 0 atom stereocenters. The Morgan fingerprint density at radius 1 is 0.964 bits per heavy atom. The standard InChI is InChI=1S/C23H25N3O2/c1-26(16-17-6-4-3-5-7-17)23-20-12-14-28-15-13-21(20)24-22(25-23)18-8-10-19(27-2)11-9-18/h3-11H,12-16H2,1-2H3. The van der Waals surface area contributed by atoms with E-state index in [1.54, 1.807) is 7.11 Å². The van der Waals surface area contributed by atoms with E-state index in [0.29, 0.717) is 13.2 Å². The van der Waals surface area contributed by atoms with Crippen molar-refractivity contribution in [3.8, 4) is 17.1 Å². The van der Waals surface area contributed by atoms with Crippen molar-refractivity contribution in [3.63, 3.8) is 0 Å². The summed E-state index contributed by atoms with van der Waals surface area (Å²) in [5, 5.41) is 0. The lowest BCUT2D eigenvalue weighted by atomic mass is 10.1. The number of aromatic nitrogens is 2. The summed E-state index contributed by atoms with van der Waals surface area (Å²) in [7, 11) is 3.77. The third kappa shape index (κ3) is 3.99. The smallest absolute Gasteiger partial charge is 0.161 e. The first-order valence-electron chi connectivity index (χ1n) is 9.61. The van der Waals surface area contributed by atoms with Gasteiger partial charge in [-0.2, -0.15) is 0 Å². The summed E-state index contributed by atoms with van der Waals surface area (Å²) < 4.78 is 11.0. The summed E-state index contributed by atoms with van der Waals surface area (Å²) >= 11 is 0. The van der Waals surface area contributed by atoms with Gasteiger partial charge in [-0.3, -0.25) is 0 Å². The van der Waals surface area contributed by atoms with Crippen molar-refractivity contribution in [2.75, 3.05) is 32.3 Å². The molecular formula is C23H25N3O2. The minimum atomic E-state index is 0.702. The largest absolute Gasteiger partial charge is 0.497 e. The van der Waals surface area contributed by atoms with Crippen LogP contribution in [0.3, 0.4) is 0 Å². The van der Waals surface area contributed by atoms with Crippen molar-refractivity contribution in [2.45, 2.75) is 19.4 Å². The summed E-state index contributed by atoms with van der Waals surface area (Å²) in [6, 6.07) is 18.4. The van der Waals surface area contributed by atoms with Crippen LogP contribution in [0.25, 0.3) is 11.4 Å². The van der Waals surface area contributed by atoms with Crippen LogP contribution in [0.5, 0.6) is 5.75 Å². The second kappa shape index (κ2) is 8.40. The van der Waals surface area contributed by atoms with E-state index in [0.717, 1.165) is 48.0 Å². The van der Waals surface area contributed by atoms with Crippen molar-refractivity contribution < 1.29 is 9.47 Å². The molecular weight excluding hydrogens is 350 g/mol. The SMILES string of the molecule is COc1ccc(-c2nc3c(c(N(C)Cc4ccccc4)n2)CCOCC3)cc1. The van der Waals surface area contributed by atoms with Crippen LogP contribution in [-0.4, -0.2) is 37.3 Å². The average Bonchev–Trinajstić information content (AvgIpc) is 2.99. The molecule has 0 amide bonds. The summed E-state index contributed by atoms with van der Waals surface area (Å²) in [6.07, 6.45) is 1.65. The van der Waals surface area contributed by atoms with Gasteiger partial charge in [-0.15, -0.1) is 0 Å². The highest BCUT2D eigenvalue weighted by Gasteiger charge is 2.20. The molecule has 0 radical (unpaired) electrons. The van der Waals surface area contributed by atoms with E-state index >= 15 is 0 Å². The molecule has 2 heterocycles. The predicted octanol–water partition coefficient (Wildman–Crippen LogP) is 3.90. The number of hydrogen-bond donors (Lipinski definition) is 0. The first-order chi connectivity index (χ1) is 13.7. The third-order valence-corrected chi connectivity index (χ3v) is 5.02. The number of ether oxygens (including phenoxy) is 2. The van der Waals surface area contributed by atoms with Gasteiger partial charge in [-0.1, -0.05) is 30.3 Å². The van der Waals surface area contributed by atoms with Crippen LogP contribution < -0.4 is 9.64 Å². The molecule has 1 aromatic heterocycles. The number of hydrogen-bond acceptors (Lipinski definition) is 5. The molecule has 0 spiro atoms. The second-order valence-electron chi connectivity index (χ2n) is 6.98. The molecule has 3 aromatic rings. The number of fused-ring (bicyclic) bond motifs is 1. The summed E-state index contributed by atoms with van der Waals surface area (Å²) in [4.78, 5) is 12.1. The Kier molecular flexibility index (Phi) is 5.53. The van der Waals surface area contributed by atoms with Crippen molar-refractivity contribution in [1.82, 2.24) is 9.97 Å². The second-order valence-corrected chi connectivity index (χ2v) is 6.98. The van der Waals surface area contributed by atoms with Crippen molar-refractivity contribution in [2.24, 2.45) is 0 Å². The Bertz CT molecular complexity index is 927. The summed E-state index contributed by atoms with van der Waals surface area (Å²) in [5.41, 5.74) is 4.54. The van der Waals surface area contributed by atoms with Gasteiger partial charge in [0.05, 0.1) is 26.0 Å². The van der Waals surface area contributed by atoms with Crippen LogP contribution in [0.15, 0.2) is 54.6 Å². The fourth-order valence-corrected chi connectivity index (χ4v) is 3.54. The number of methoxy groups -OCH3 is 1. The zero-order chi connectivity index (χ0) is 19.3. The van der Waals surface area contributed by atoms with E-state index < -0.39 is 0 Å². The zero-order valence-electron chi connectivity index (χ0n) is 16.4. The van der Waals surface area contributed by atoms with Gasteiger partial charge in [0.2, 0.25) is 0 Å². The molecule has 1 aliphatic rings. The Labute approximate surface area is 166 Å². The Hall–Kier alpha value is -2.92. The molecule has 4 rings (SSSR count). The van der Waals surface area contributed by atoms with Gasteiger partial charge >= 0.3 is 0 Å². The van der Waals surface area contributed by atoms with Gasteiger partial charge in [0.15, 0.2) is 5.82 Å². The highest BCUT2D eigenvalue weighted by molar-refractivity contribution is 5.61.